The molecule has 0 saturated carbocycles. The maximum Gasteiger partial charge on any atom is 0.0799 e. The van der Waals surface area contributed by atoms with E-state index >= 15 is 0 Å². The van der Waals surface area contributed by atoms with Crippen LogP contribution in [0, 0.1) is 13.8 Å². The van der Waals surface area contributed by atoms with Crippen LogP contribution >= 0.6 is 11.5 Å². The lowest BCUT2D eigenvalue weighted by molar-refractivity contribution is 0.967. The number of aryl methyl sites for hydroxylation is 2. The van der Waals surface area contributed by atoms with E-state index in [0.717, 1.165) is 21.5 Å². The minimum Gasteiger partial charge on any atom is -0.200 e. The number of nitrogens with zero attached hydrogens (tertiary/aromatic N) is 3. The summed E-state index contributed by atoms with van der Waals surface area (Å²) in [5, 5.41) is 9.12. The van der Waals surface area contributed by atoms with Gasteiger partial charge in [0.05, 0.1) is 22.3 Å². The van der Waals surface area contributed by atoms with E-state index in [0.29, 0.717) is 0 Å². The van der Waals surface area contributed by atoms with Gasteiger partial charge in [0, 0.05) is 5.39 Å². The van der Waals surface area contributed by atoms with Gasteiger partial charge < -0.3 is 0 Å². The number of rotatable bonds is 0. The van der Waals surface area contributed by atoms with Crippen molar-refractivity contribution in [1.82, 2.24) is 14.6 Å². The van der Waals surface area contributed by atoms with Crippen LogP contribution in [-0.2, 0) is 0 Å². The van der Waals surface area contributed by atoms with Crippen molar-refractivity contribution in [3.63, 3.8) is 0 Å². The van der Waals surface area contributed by atoms with Gasteiger partial charge in [0.15, 0.2) is 0 Å². The van der Waals surface area contributed by atoms with E-state index in [1.807, 2.05) is 20.0 Å². The Balaban J connectivity index is 2.96. The molecule has 4 heteroatoms. The zero-order chi connectivity index (χ0) is 7.84. The summed E-state index contributed by atoms with van der Waals surface area (Å²) in [6.45, 7) is 3.90. The fraction of sp³-hybridized carbons (Fsp3) is 0.286. The molecule has 3 nitrogen and oxygen atoms in total. The largest absolute Gasteiger partial charge is 0.200 e. The summed E-state index contributed by atoms with van der Waals surface area (Å²) in [5.74, 6) is 0. The Labute approximate surface area is 68.3 Å². The molecule has 2 rings (SSSR count). The third kappa shape index (κ3) is 0.903. The Bertz CT molecular complexity index is 357. The second-order valence-corrected chi connectivity index (χ2v) is 3.24. The van der Waals surface area contributed by atoms with E-state index in [4.69, 9.17) is 0 Å². The van der Waals surface area contributed by atoms with Crippen molar-refractivity contribution in [2.45, 2.75) is 13.8 Å². The molecule has 0 aliphatic heterocycles. The first-order valence-electron chi connectivity index (χ1n) is 3.33. The molecule has 0 atom stereocenters. The molecule has 0 bridgehead atoms. The fourth-order valence-electron chi connectivity index (χ4n) is 1.01. The molecule has 2 heterocycles. The van der Waals surface area contributed by atoms with Crippen LogP contribution in [0.4, 0.5) is 0 Å². The third-order valence-electron chi connectivity index (χ3n) is 1.64. The van der Waals surface area contributed by atoms with Gasteiger partial charge in [-0.05, 0) is 25.4 Å². The monoisotopic (exact) mass is 165 g/mol. The SMILES string of the molecule is Cc1nnc(C)c2sncc12. The summed E-state index contributed by atoms with van der Waals surface area (Å²) in [6, 6.07) is 0. The predicted molar refractivity (Wildman–Crippen MR) is 44.7 cm³/mol. The smallest absolute Gasteiger partial charge is 0.0799 e. The van der Waals surface area contributed by atoms with Crippen molar-refractivity contribution in [2.24, 2.45) is 0 Å². The fourth-order valence-corrected chi connectivity index (χ4v) is 1.74. The van der Waals surface area contributed by atoms with Crippen LogP contribution in [0.15, 0.2) is 6.20 Å². The van der Waals surface area contributed by atoms with Gasteiger partial charge in [0.2, 0.25) is 0 Å². The third-order valence-corrected chi connectivity index (χ3v) is 2.55. The van der Waals surface area contributed by atoms with Crippen LogP contribution in [0.3, 0.4) is 0 Å². The minimum atomic E-state index is 0.958. The quantitative estimate of drug-likeness (QED) is 0.596. The van der Waals surface area contributed by atoms with Crippen molar-refractivity contribution in [1.29, 1.82) is 0 Å². The highest BCUT2D eigenvalue weighted by molar-refractivity contribution is 7.13. The molecule has 2 aromatic rings. The summed E-state index contributed by atoms with van der Waals surface area (Å²) in [6.07, 6.45) is 1.84. The lowest BCUT2D eigenvalue weighted by Gasteiger charge is -1.93. The Morgan fingerprint density at radius 1 is 1.18 bits per heavy atom. The van der Waals surface area contributed by atoms with Crippen molar-refractivity contribution in [3.8, 4) is 0 Å². The normalized spacial score (nSPS) is 10.7. The average Bonchev–Trinajstić information content (AvgIpc) is 2.45. The van der Waals surface area contributed by atoms with E-state index in [2.05, 4.69) is 14.6 Å². The second kappa shape index (κ2) is 2.23. The van der Waals surface area contributed by atoms with Crippen molar-refractivity contribution < 1.29 is 0 Å². The predicted octanol–water partition coefficient (Wildman–Crippen LogP) is 1.70. The molecule has 0 saturated heterocycles. The highest BCUT2D eigenvalue weighted by Crippen LogP contribution is 2.21. The first-order chi connectivity index (χ1) is 5.29. The topological polar surface area (TPSA) is 38.7 Å². The number of fused-ring (bicyclic) bond motifs is 1. The number of hydrogen-bond donors (Lipinski definition) is 0. The molecule has 0 amide bonds. The highest BCUT2D eigenvalue weighted by Gasteiger charge is 2.03. The molecule has 56 valence electrons. The van der Waals surface area contributed by atoms with E-state index in [-0.39, 0.29) is 0 Å². The van der Waals surface area contributed by atoms with Crippen LogP contribution in [0.25, 0.3) is 10.1 Å². The van der Waals surface area contributed by atoms with Crippen LogP contribution < -0.4 is 0 Å². The van der Waals surface area contributed by atoms with Crippen LogP contribution in [0.2, 0.25) is 0 Å². The van der Waals surface area contributed by atoms with Crippen molar-refractivity contribution >= 4 is 21.6 Å². The Kier molecular flexibility index (Phi) is 1.35. The molecule has 0 N–H and O–H groups in total. The van der Waals surface area contributed by atoms with Gasteiger partial charge in [-0.15, -0.1) is 0 Å². The Morgan fingerprint density at radius 2 is 1.91 bits per heavy atom. The molecule has 11 heavy (non-hydrogen) atoms. The first kappa shape index (κ1) is 6.67. The summed E-state index contributed by atoms with van der Waals surface area (Å²) < 4.78 is 5.24. The van der Waals surface area contributed by atoms with E-state index in [1.54, 1.807) is 0 Å². The van der Waals surface area contributed by atoms with Gasteiger partial charge in [-0.1, -0.05) is 0 Å². The van der Waals surface area contributed by atoms with Gasteiger partial charge in [-0.3, -0.25) is 0 Å². The molecular weight excluding hydrogens is 158 g/mol. The Morgan fingerprint density at radius 3 is 2.64 bits per heavy atom. The molecule has 0 radical (unpaired) electrons. The standard InChI is InChI=1S/C7H7N3S/c1-4-6-3-8-11-7(6)5(2)10-9-4/h3H,1-2H3. The minimum absolute atomic E-state index is 0.958. The average molecular weight is 165 g/mol. The zero-order valence-electron chi connectivity index (χ0n) is 6.33. The molecule has 0 aliphatic rings. The van der Waals surface area contributed by atoms with Gasteiger partial charge in [0.1, 0.15) is 0 Å². The summed E-state index contributed by atoms with van der Waals surface area (Å²) in [4.78, 5) is 0. The zero-order valence-corrected chi connectivity index (χ0v) is 7.14. The highest BCUT2D eigenvalue weighted by atomic mass is 32.1. The molecule has 0 aromatic carbocycles. The van der Waals surface area contributed by atoms with Gasteiger partial charge in [0.25, 0.3) is 0 Å². The molecule has 0 fully saturated rings. The van der Waals surface area contributed by atoms with Gasteiger partial charge in [-0.25, -0.2) is 0 Å². The van der Waals surface area contributed by atoms with Crippen LogP contribution in [0.5, 0.6) is 0 Å². The summed E-state index contributed by atoms with van der Waals surface area (Å²) in [5.41, 5.74) is 1.92. The molecule has 0 aliphatic carbocycles. The van der Waals surface area contributed by atoms with E-state index in [9.17, 15) is 0 Å². The van der Waals surface area contributed by atoms with Crippen LogP contribution in [-0.4, -0.2) is 14.6 Å². The maximum absolute atomic E-state index is 4.08. The number of aromatic nitrogens is 3. The molecule has 2 aromatic heterocycles. The van der Waals surface area contributed by atoms with Crippen molar-refractivity contribution in [3.05, 3.63) is 17.6 Å². The van der Waals surface area contributed by atoms with E-state index in [1.165, 1.54) is 11.5 Å². The lowest BCUT2D eigenvalue weighted by Crippen LogP contribution is -1.89. The first-order valence-corrected chi connectivity index (χ1v) is 4.10. The van der Waals surface area contributed by atoms with Crippen molar-refractivity contribution in [2.75, 3.05) is 0 Å². The number of hydrogen-bond acceptors (Lipinski definition) is 4. The lowest BCUT2D eigenvalue weighted by atomic mass is 10.3. The van der Waals surface area contributed by atoms with Crippen LogP contribution in [0.1, 0.15) is 11.4 Å². The summed E-state index contributed by atoms with van der Waals surface area (Å²) in [7, 11) is 0. The molecule has 0 unspecified atom stereocenters. The second-order valence-electron chi connectivity index (χ2n) is 2.44. The molecular formula is C7H7N3S. The van der Waals surface area contributed by atoms with Gasteiger partial charge in [-0.2, -0.15) is 14.6 Å². The van der Waals surface area contributed by atoms with Gasteiger partial charge >= 0.3 is 0 Å². The Hall–Kier alpha value is -1.03. The maximum atomic E-state index is 4.08. The molecule has 0 spiro atoms. The van der Waals surface area contributed by atoms with E-state index < -0.39 is 0 Å². The summed E-state index contributed by atoms with van der Waals surface area (Å²) >= 11 is 1.48.